The van der Waals surface area contributed by atoms with Crippen LogP contribution < -0.4 is 4.90 Å². The number of nitrogens with zero attached hydrogens (tertiary/aromatic N) is 5. The molecule has 0 bridgehead atoms. The Kier molecular flexibility index (Phi) is 3.61. The van der Waals surface area contributed by atoms with E-state index in [0.29, 0.717) is 22.7 Å². The Labute approximate surface area is 131 Å². The molecule has 0 amide bonds. The Hall–Kier alpha value is -1.98. The third-order valence-electron chi connectivity index (χ3n) is 2.91. The van der Waals surface area contributed by atoms with Gasteiger partial charge in [0.2, 0.25) is 5.28 Å². The Balaban J connectivity index is 2.32. The topological polar surface area (TPSA) is 54.8 Å². The Morgan fingerprint density at radius 3 is 2.29 bits per heavy atom. The molecule has 0 saturated carbocycles. The van der Waals surface area contributed by atoms with Crippen LogP contribution in [0.5, 0.6) is 0 Å². The molecule has 0 aliphatic carbocycles. The number of aromatic nitrogens is 4. The van der Waals surface area contributed by atoms with Gasteiger partial charge in [-0.2, -0.15) is 9.97 Å². The molecule has 0 fully saturated rings. The van der Waals surface area contributed by atoms with E-state index < -0.39 is 0 Å². The van der Waals surface area contributed by atoms with E-state index in [1.807, 2.05) is 49.3 Å². The van der Waals surface area contributed by atoms with Gasteiger partial charge in [-0.25, -0.2) is 9.97 Å². The molecule has 1 aromatic carbocycles. The van der Waals surface area contributed by atoms with Crippen molar-refractivity contribution in [3.63, 3.8) is 0 Å². The van der Waals surface area contributed by atoms with E-state index in [4.69, 9.17) is 23.2 Å². The number of anilines is 1. The van der Waals surface area contributed by atoms with E-state index >= 15 is 0 Å². The van der Waals surface area contributed by atoms with E-state index in [1.54, 1.807) is 0 Å². The van der Waals surface area contributed by atoms with Crippen molar-refractivity contribution in [1.82, 2.24) is 19.9 Å². The number of hydrogen-bond acceptors (Lipinski definition) is 5. The Morgan fingerprint density at radius 2 is 1.62 bits per heavy atom. The quantitative estimate of drug-likeness (QED) is 0.677. The van der Waals surface area contributed by atoms with Gasteiger partial charge in [0.05, 0.1) is 0 Å². The first-order chi connectivity index (χ1) is 10.1. The van der Waals surface area contributed by atoms with E-state index in [1.165, 1.54) is 0 Å². The summed E-state index contributed by atoms with van der Waals surface area (Å²) in [5.41, 5.74) is 2.42. The molecule has 0 unspecified atom stereocenters. The van der Waals surface area contributed by atoms with Gasteiger partial charge in [0.15, 0.2) is 22.1 Å². The second-order valence-corrected chi connectivity index (χ2v) is 5.31. The van der Waals surface area contributed by atoms with Crippen LogP contribution in [0.4, 0.5) is 5.82 Å². The van der Waals surface area contributed by atoms with Crippen LogP contribution in [0.3, 0.4) is 0 Å². The molecule has 21 heavy (non-hydrogen) atoms. The average Bonchev–Trinajstić information content (AvgIpc) is 2.46. The van der Waals surface area contributed by atoms with Gasteiger partial charge in [-0.1, -0.05) is 41.9 Å². The molecule has 106 valence electrons. The molecule has 2 heterocycles. The summed E-state index contributed by atoms with van der Waals surface area (Å²) in [5.74, 6) is 0.603. The van der Waals surface area contributed by atoms with Gasteiger partial charge in [0, 0.05) is 19.7 Å². The van der Waals surface area contributed by atoms with Crippen molar-refractivity contribution >= 4 is 40.2 Å². The molecule has 0 aliphatic rings. The Morgan fingerprint density at radius 1 is 0.905 bits per heavy atom. The zero-order chi connectivity index (χ0) is 15.0. The minimum atomic E-state index is 0.115. The molecule has 0 spiro atoms. The summed E-state index contributed by atoms with van der Waals surface area (Å²) in [6.45, 7) is 0. The summed E-state index contributed by atoms with van der Waals surface area (Å²) in [4.78, 5) is 19.0. The highest BCUT2D eigenvalue weighted by molar-refractivity contribution is 6.32. The van der Waals surface area contributed by atoms with Gasteiger partial charge in [0.25, 0.3) is 0 Å². The minimum Gasteiger partial charge on any atom is -0.361 e. The third-order valence-corrected chi connectivity index (χ3v) is 3.35. The van der Waals surface area contributed by atoms with Gasteiger partial charge in [-0.3, -0.25) is 0 Å². The van der Waals surface area contributed by atoms with Crippen LogP contribution >= 0.6 is 23.2 Å². The summed E-state index contributed by atoms with van der Waals surface area (Å²) >= 11 is 12.1. The molecule has 3 aromatic rings. The first-order valence-corrected chi connectivity index (χ1v) is 6.95. The fraction of sp³-hybridized carbons (Fsp3) is 0.143. The van der Waals surface area contributed by atoms with Gasteiger partial charge in [0.1, 0.15) is 5.69 Å². The Bertz CT molecular complexity index is 805. The number of halogens is 2. The summed E-state index contributed by atoms with van der Waals surface area (Å²) in [6.07, 6.45) is 0. The predicted molar refractivity (Wildman–Crippen MR) is 84.9 cm³/mol. The molecule has 3 rings (SSSR count). The number of benzene rings is 1. The van der Waals surface area contributed by atoms with Crippen LogP contribution in [0.2, 0.25) is 10.4 Å². The summed E-state index contributed by atoms with van der Waals surface area (Å²) in [6, 6.07) is 9.62. The van der Waals surface area contributed by atoms with Crippen LogP contribution in [0, 0.1) is 0 Å². The van der Waals surface area contributed by atoms with Crippen molar-refractivity contribution < 1.29 is 0 Å². The van der Waals surface area contributed by atoms with Crippen LogP contribution in [0.25, 0.3) is 22.4 Å². The third kappa shape index (κ3) is 2.62. The summed E-state index contributed by atoms with van der Waals surface area (Å²) < 4.78 is 0. The van der Waals surface area contributed by atoms with Gasteiger partial charge in [-0.15, -0.1) is 0 Å². The van der Waals surface area contributed by atoms with Gasteiger partial charge >= 0.3 is 0 Å². The second-order valence-electron chi connectivity index (χ2n) is 4.61. The lowest BCUT2D eigenvalue weighted by atomic mass is 10.1. The van der Waals surface area contributed by atoms with Crippen LogP contribution in [-0.4, -0.2) is 34.0 Å². The molecule has 0 atom stereocenters. The zero-order valence-corrected chi connectivity index (χ0v) is 12.9. The van der Waals surface area contributed by atoms with E-state index in [-0.39, 0.29) is 10.4 Å². The maximum atomic E-state index is 6.23. The predicted octanol–water partition coefficient (Wildman–Crippen LogP) is 3.46. The lowest BCUT2D eigenvalue weighted by Gasteiger charge is -2.14. The largest absolute Gasteiger partial charge is 0.361 e. The molecule has 7 heteroatoms. The van der Waals surface area contributed by atoms with Gasteiger partial charge in [-0.05, 0) is 11.6 Å². The van der Waals surface area contributed by atoms with Crippen molar-refractivity contribution in [2.24, 2.45) is 0 Å². The first-order valence-electron chi connectivity index (χ1n) is 6.20. The molecule has 0 aliphatic heterocycles. The monoisotopic (exact) mass is 319 g/mol. The highest BCUT2D eigenvalue weighted by atomic mass is 35.5. The number of hydrogen-bond donors (Lipinski definition) is 0. The maximum absolute atomic E-state index is 6.23. The van der Waals surface area contributed by atoms with E-state index in [2.05, 4.69) is 19.9 Å². The molecule has 5 nitrogen and oxygen atoms in total. The minimum absolute atomic E-state index is 0.115. The lowest BCUT2D eigenvalue weighted by Crippen LogP contribution is -2.13. The van der Waals surface area contributed by atoms with E-state index in [9.17, 15) is 0 Å². The fourth-order valence-electron chi connectivity index (χ4n) is 1.98. The summed E-state index contributed by atoms with van der Waals surface area (Å²) in [5, 5.41) is 0.400. The normalized spacial score (nSPS) is 10.9. The van der Waals surface area contributed by atoms with Crippen molar-refractivity contribution in [3.05, 3.63) is 40.8 Å². The SMILES string of the molecule is CN(C)c1nc(Cl)nc2nc(Cl)c(-c3ccccc3)nc12. The van der Waals surface area contributed by atoms with Crippen LogP contribution in [0.1, 0.15) is 0 Å². The average molecular weight is 320 g/mol. The highest BCUT2D eigenvalue weighted by Crippen LogP contribution is 2.29. The molecular formula is C14H11Cl2N5. The number of rotatable bonds is 2. The molecular weight excluding hydrogens is 309 g/mol. The highest BCUT2D eigenvalue weighted by Gasteiger charge is 2.16. The lowest BCUT2D eigenvalue weighted by molar-refractivity contribution is 1.04. The van der Waals surface area contributed by atoms with Crippen LogP contribution in [-0.2, 0) is 0 Å². The number of fused-ring (bicyclic) bond motifs is 1. The van der Waals surface area contributed by atoms with Crippen molar-refractivity contribution in [1.29, 1.82) is 0 Å². The zero-order valence-electron chi connectivity index (χ0n) is 11.4. The van der Waals surface area contributed by atoms with Crippen LogP contribution in [0.15, 0.2) is 30.3 Å². The van der Waals surface area contributed by atoms with Gasteiger partial charge < -0.3 is 4.90 Å². The molecule has 0 N–H and O–H groups in total. The molecule has 2 aromatic heterocycles. The van der Waals surface area contributed by atoms with Crippen molar-refractivity contribution in [2.75, 3.05) is 19.0 Å². The smallest absolute Gasteiger partial charge is 0.226 e. The van der Waals surface area contributed by atoms with Crippen molar-refractivity contribution in [3.8, 4) is 11.3 Å². The summed E-state index contributed by atoms with van der Waals surface area (Å²) in [7, 11) is 3.72. The fourth-order valence-corrected chi connectivity index (χ4v) is 2.37. The maximum Gasteiger partial charge on any atom is 0.226 e. The molecule has 0 radical (unpaired) electrons. The van der Waals surface area contributed by atoms with Crippen molar-refractivity contribution in [2.45, 2.75) is 0 Å². The molecule has 0 saturated heterocycles. The standard InChI is InChI=1S/C14H11Cl2N5/c1-21(2)13-10-12(19-14(16)20-13)18-11(15)9(17-10)8-6-4-3-5-7-8/h3-7H,1-2H3. The first kappa shape index (κ1) is 14.0. The second kappa shape index (κ2) is 5.42. The van der Waals surface area contributed by atoms with E-state index in [0.717, 1.165) is 5.56 Å².